The summed E-state index contributed by atoms with van der Waals surface area (Å²) < 4.78 is 27.0. The zero-order valence-corrected chi connectivity index (χ0v) is 12.7. The second-order valence-electron chi connectivity index (χ2n) is 4.98. The van der Waals surface area contributed by atoms with Crippen molar-refractivity contribution in [1.82, 2.24) is 0 Å². The van der Waals surface area contributed by atoms with Crippen molar-refractivity contribution in [3.8, 4) is 0 Å². The Morgan fingerprint density at radius 1 is 1.22 bits per heavy atom. The van der Waals surface area contributed by atoms with Crippen LogP contribution in [-0.2, 0) is 6.42 Å². The van der Waals surface area contributed by atoms with E-state index in [2.05, 4.69) is 29.8 Å². The molecule has 0 aliphatic carbocycles. The van der Waals surface area contributed by atoms with Crippen LogP contribution in [0.25, 0.3) is 0 Å². The number of benzene rings is 1. The zero-order valence-electron chi connectivity index (χ0n) is 11.1. The highest BCUT2D eigenvalue weighted by Crippen LogP contribution is 2.35. The maximum absolute atomic E-state index is 13.7. The SMILES string of the molecule is CCCCC(CC)(CBr)Cc1cccc(F)c1F. The number of alkyl halides is 1. The maximum atomic E-state index is 13.7. The lowest BCUT2D eigenvalue weighted by Crippen LogP contribution is -2.25. The molecule has 0 saturated heterocycles. The fourth-order valence-corrected chi connectivity index (χ4v) is 3.11. The van der Waals surface area contributed by atoms with Crippen LogP contribution in [0.15, 0.2) is 18.2 Å². The van der Waals surface area contributed by atoms with Gasteiger partial charge in [-0.05, 0) is 36.3 Å². The Kier molecular flexibility index (Phi) is 6.27. The van der Waals surface area contributed by atoms with Crippen LogP contribution >= 0.6 is 15.9 Å². The predicted octanol–water partition coefficient (Wildman–Crippen LogP) is 5.49. The molecule has 0 amide bonds. The molecule has 3 heteroatoms. The molecule has 102 valence electrons. The minimum atomic E-state index is -0.748. The van der Waals surface area contributed by atoms with Crippen molar-refractivity contribution < 1.29 is 8.78 Å². The first-order chi connectivity index (χ1) is 8.58. The van der Waals surface area contributed by atoms with Crippen LogP contribution in [0, 0.1) is 17.0 Å². The van der Waals surface area contributed by atoms with E-state index in [-0.39, 0.29) is 5.41 Å². The number of unbranched alkanes of at least 4 members (excludes halogenated alkanes) is 1. The van der Waals surface area contributed by atoms with E-state index in [1.54, 1.807) is 12.1 Å². The second kappa shape index (κ2) is 7.22. The van der Waals surface area contributed by atoms with Crippen LogP contribution in [0.4, 0.5) is 8.78 Å². The van der Waals surface area contributed by atoms with Crippen molar-refractivity contribution in [3.05, 3.63) is 35.4 Å². The average Bonchev–Trinajstić information content (AvgIpc) is 2.40. The van der Waals surface area contributed by atoms with Gasteiger partial charge >= 0.3 is 0 Å². The van der Waals surface area contributed by atoms with E-state index in [4.69, 9.17) is 0 Å². The quantitative estimate of drug-likeness (QED) is 0.583. The average molecular weight is 319 g/mol. The number of hydrogen-bond acceptors (Lipinski definition) is 0. The summed E-state index contributed by atoms with van der Waals surface area (Å²) in [4.78, 5) is 0. The minimum Gasteiger partial charge on any atom is -0.204 e. The van der Waals surface area contributed by atoms with Gasteiger partial charge in [0.05, 0.1) is 0 Å². The van der Waals surface area contributed by atoms with E-state index in [9.17, 15) is 8.78 Å². The fourth-order valence-electron chi connectivity index (χ4n) is 2.24. The molecule has 1 rings (SSSR count). The van der Waals surface area contributed by atoms with Crippen molar-refractivity contribution >= 4 is 15.9 Å². The Labute approximate surface area is 117 Å². The first kappa shape index (κ1) is 15.6. The van der Waals surface area contributed by atoms with Crippen molar-refractivity contribution in [2.45, 2.75) is 46.0 Å². The van der Waals surface area contributed by atoms with Crippen molar-refractivity contribution in [1.29, 1.82) is 0 Å². The van der Waals surface area contributed by atoms with Gasteiger partial charge < -0.3 is 0 Å². The smallest absolute Gasteiger partial charge is 0.162 e. The van der Waals surface area contributed by atoms with Gasteiger partial charge in [-0.25, -0.2) is 8.78 Å². The third-order valence-electron chi connectivity index (χ3n) is 3.69. The van der Waals surface area contributed by atoms with Gasteiger partial charge in [-0.2, -0.15) is 0 Å². The third kappa shape index (κ3) is 3.78. The molecule has 0 aromatic heterocycles. The van der Waals surface area contributed by atoms with E-state index >= 15 is 0 Å². The summed E-state index contributed by atoms with van der Waals surface area (Å²) >= 11 is 3.55. The molecule has 0 nitrogen and oxygen atoms in total. The third-order valence-corrected chi connectivity index (χ3v) is 4.88. The lowest BCUT2D eigenvalue weighted by molar-refractivity contribution is 0.279. The molecule has 0 aliphatic heterocycles. The largest absolute Gasteiger partial charge is 0.204 e. The van der Waals surface area contributed by atoms with Gasteiger partial charge in [-0.3, -0.25) is 0 Å². The van der Waals surface area contributed by atoms with E-state index in [0.29, 0.717) is 12.0 Å². The Hall–Kier alpha value is -0.440. The van der Waals surface area contributed by atoms with E-state index in [0.717, 1.165) is 31.0 Å². The van der Waals surface area contributed by atoms with Crippen LogP contribution in [0.1, 0.15) is 45.1 Å². The van der Waals surface area contributed by atoms with E-state index in [1.165, 1.54) is 6.07 Å². The molecule has 1 atom stereocenters. The molecule has 0 N–H and O–H groups in total. The van der Waals surface area contributed by atoms with E-state index in [1.807, 2.05) is 0 Å². The highest BCUT2D eigenvalue weighted by Gasteiger charge is 2.28. The molecule has 1 aromatic carbocycles. The molecule has 1 unspecified atom stereocenters. The normalized spacial score (nSPS) is 14.5. The summed E-state index contributed by atoms with van der Waals surface area (Å²) in [6, 6.07) is 4.45. The van der Waals surface area contributed by atoms with Crippen LogP contribution in [0.3, 0.4) is 0 Å². The molecular weight excluding hydrogens is 298 g/mol. The van der Waals surface area contributed by atoms with Gasteiger partial charge in [0.2, 0.25) is 0 Å². The predicted molar refractivity (Wildman–Crippen MR) is 76.1 cm³/mol. The molecule has 0 spiro atoms. The first-order valence-electron chi connectivity index (χ1n) is 6.57. The molecule has 0 aliphatic rings. The van der Waals surface area contributed by atoms with Gasteiger partial charge in [0.25, 0.3) is 0 Å². The Balaban J connectivity index is 2.92. The number of rotatable bonds is 7. The monoisotopic (exact) mass is 318 g/mol. The maximum Gasteiger partial charge on any atom is 0.162 e. The zero-order chi connectivity index (χ0) is 13.6. The summed E-state index contributed by atoms with van der Waals surface area (Å²) in [7, 11) is 0. The molecule has 0 saturated carbocycles. The summed E-state index contributed by atoms with van der Waals surface area (Å²) in [5, 5.41) is 0.826. The molecule has 0 radical (unpaired) electrons. The second-order valence-corrected chi connectivity index (χ2v) is 5.54. The summed E-state index contributed by atoms with van der Waals surface area (Å²) in [5.74, 6) is -1.43. The molecule has 0 bridgehead atoms. The molecule has 0 fully saturated rings. The lowest BCUT2D eigenvalue weighted by atomic mass is 9.77. The van der Waals surface area contributed by atoms with Crippen LogP contribution < -0.4 is 0 Å². The Bertz CT molecular complexity index is 373. The van der Waals surface area contributed by atoms with Crippen LogP contribution in [-0.4, -0.2) is 5.33 Å². The number of halogens is 3. The first-order valence-corrected chi connectivity index (χ1v) is 7.69. The Morgan fingerprint density at radius 3 is 2.50 bits per heavy atom. The number of hydrogen-bond donors (Lipinski definition) is 0. The lowest BCUT2D eigenvalue weighted by Gasteiger charge is -2.31. The molecule has 1 aromatic rings. The standard InChI is InChI=1S/C15H21BrF2/c1-3-5-9-15(4-2,11-16)10-12-7-6-8-13(17)14(12)18/h6-8H,3-5,9-11H2,1-2H3. The van der Waals surface area contributed by atoms with Gasteiger partial charge in [-0.1, -0.05) is 54.8 Å². The molecule has 0 heterocycles. The highest BCUT2D eigenvalue weighted by molar-refractivity contribution is 9.09. The van der Waals surface area contributed by atoms with Crippen molar-refractivity contribution in [2.24, 2.45) is 5.41 Å². The highest BCUT2D eigenvalue weighted by atomic mass is 79.9. The Morgan fingerprint density at radius 2 is 1.94 bits per heavy atom. The topological polar surface area (TPSA) is 0 Å². The van der Waals surface area contributed by atoms with Crippen molar-refractivity contribution in [2.75, 3.05) is 5.33 Å². The summed E-state index contributed by atoms with van der Waals surface area (Å²) in [6.45, 7) is 4.27. The van der Waals surface area contributed by atoms with Crippen LogP contribution in [0.5, 0.6) is 0 Å². The van der Waals surface area contributed by atoms with Crippen molar-refractivity contribution in [3.63, 3.8) is 0 Å². The fraction of sp³-hybridized carbons (Fsp3) is 0.600. The van der Waals surface area contributed by atoms with Gasteiger partial charge in [0.15, 0.2) is 11.6 Å². The van der Waals surface area contributed by atoms with Gasteiger partial charge in [0, 0.05) is 5.33 Å². The molecular formula is C15H21BrF2. The van der Waals surface area contributed by atoms with Gasteiger partial charge in [-0.15, -0.1) is 0 Å². The molecule has 18 heavy (non-hydrogen) atoms. The van der Waals surface area contributed by atoms with E-state index < -0.39 is 11.6 Å². The summed E-state index contributed by atoms with van der Waals surface area (Å²) in [5.41, 5.74) is 0.525. The van der Waals surface area contributed by atoms with Gasteiger partial charge in [0.1, 0.15) is 0 Å². The summed E-state index contributed by atoms with van der Waals surface area (Å²) in [6.07, 6.45) is 4.85. The minimum absolute atomic E-state index is 0.0324. The van der Waals surface area contributed by atoms with Crippen LogP contribution in [0.2, 0.25) is 0 Å².